The van der Waals surface area contributed by atoms with Gasteiger partial charge in [-0.1, -0.05) is 32.2 Å². The van der Waals surface area contributed by atoms with Gasteiger partial charge >= 0.3 is 11.9 Å². The first kappa shape index (κ1) is 17.0. The van der Waals surface area contributed by atoms with Crippen LogP contribution in [0.4, 0.5) is 0 Å². The number of hydrogen-bond acceptors (Lipinski definition) is 5. The number of carbonyl (C=O) groups excluding carboxylic acids is 2. The largest absolute Gasteiger partial charge is 0.458 e. The van der Waals surface area contributed by atoms with Gasteiger partial charge < -0.3 is 14.6 Å². The van der Waals surface area contributed by atoms with Crippen LogP contribution in [0.2, 0.25) is 0 Å². The molecular weight excluding hydrogens is 308 g/mol. The Hall–Kier alpha value is -1.88. The van der Waals surface area contributed by atoms with Crippen molar-refractivity contribution in [1.82, 2.24) is 0 Å². The number of esters is 2. The average Bonchev–Trinajstić information content (AvgIpc) is 2.77. The first-order valence-corrected chi connectivity index (χ1v) is 8.29. The molecule has 1 aliphatic heterocycles. The van der Waals surface area contributed by atoms with Crippen molar-refractivity contribution in [2.45, 2.75) is 51.4 Å². The maximum absolute atomic E-state index is 12.2. The molecule has 0 aromatic carbocycles. The molecule has 0 amide bonds. The van der Waals surface area contributed by atoms with Gasteiger partial charge in [-0.2, -0.15) is 0 Å². The minimum Gasteiger partial charge on any atom is -0.458 e. The topological polar surface area (TPSA) is 72.8 Å². The summed E-state index contributed by atoms with van der Waals surface area (Å²) in [4.78, 5) is 24.2. The summed E-state index contributed by atoms with van der Waals surface area (Å²) in [5, 5.41) is 10.6. The SMILES string of the molecule is C=C(C)C(=O)O[C@H]1[C@@H]2C(=C)C(=O)O[C@H]2C[C@@]2(C)[C@H](O)CCC(=C)[C@H]12. The van der Waals surface area contributed by atoms with Gasteiger partial charge in [0.2, 0.25) is 0 Å². The van der Waals surface area contributed by atoms with Crippen molar-refractivity contribution in [1.29, 1.82) is 0 Å². The van der Waals surface area contributed by atoms with Crippen LogP contribution in [0.1, 0.15) is 33.1 Å². The smallest absolute Gasteiger partial charge is 0.334 e. The number of rotatable bonds is 2. The fourth-order valence-electron chi connectivity index (χ4n) is 4.58. The fraction of sp³-hybridized carbons (Fsp3) is 0.579. The first-order chi connectivity index (χ1) is 11.2. The summed E-state index contributed by atoms with van der Waals surface area (Å²) in [5.41, 5.74) is 1.00. The lowest BCUT2D eigenvalue weighted by atomic mass is 9.53. The molecule has 0 bridgehead atoms. The van der Waals surface area contributed by atoms with Gasteiger partial charge in [-0.15, -0.1) is 0 Å². The van der Waals surface area contributed by atoms with E-state index in [4.69, 9.17) is 9.47 Å². The maximum Gasteiger partial charge on any atom is 0.334 e. The van der Waals surface area contributed by atoms with Crippen molar-refractivity contribution in [2.24, 2.45) is 17.3 Å². The van der Waals surface area contributed by atoms with Crippen LogP contribution >= 0.6 is 0 Å². The van der Waals surface area contributed by atoms with Crippen LogP contribution in [0.15, 0.2) is 36.5 Å². The van der Waals surface area contributed by atoms with Gasteiger partial charge in [0.05, 0.1) is 12.0 Å². The lowest BCUT2D eigenvalue weighted by molar-refractivity contribution is -0.177. The summed E-state index contributed by atoms with van der Waals surface area (Å²) in [5.74, 6) is -1.61. The second-order valence-electron chi connectivity index (χ2n) is 7.55. The molecule has 3 aliphatic rings. The van der Waals surface area contributed by atoms with Crippen LogP contribution < -0.4 is 0 Å². The molecule has 1 heterocycles. The van der Waals surface area contributed by atoms with Crippen molar-refractivity contribution in [3.8, 4) is 0 Å². The van der Waals surface area contributed by atoms with Gasteiger partial charge in [-0.25, -0.2) is 9.59 Å². The zero-order chi connectivity index (χ0) is 17.8. The standard InChI is InChI=1S/C19H24O5/c1-9(2)17(21)24-16-14-11(4)18(22)23-12(14)8-19(5)13(20)7-6-10(3)15(16)19/h12-16,20H,1,3-4,6-8H2,2,5H3/t12-,13+,14+,15+,16-,19-/m0/s1. The van der Waals surface area contributed by atoms with Crippen molar-refractivity contribution >= 4 is 11.9 Å². The molecule has 1 saturated heterocycles. The van der Waals surface area contributed by atoms with E-state index in [2.05, 4.69) is 19.7 Å². The molecule has 0 aromatic heterocycles. The van der Waals surface area contributed by atoms with Crippen LogP contribution in [-0.4, -0.2) is 35.4 Å². The molecule has 24 heavy (non-hydrogen) atoms. The predicted octanol–water partition coefficient (Wildman–Crippen LogP) is 2.31. The van der Waals surface area contributed by atoms with Crippen molar-refractivity contribution in [3.63, 3.8) is 0 Å². The van der Waals surface area contributed by atoms with E-state index in [1.54, 1.807) is 6.92 Å². The molecule has 1 N–H and O–H groups in total. The van der Waals surface area contributed by atoms with E-state index in [1.165, 1.54) is 0 Å². The van der Waals surface area contributed by atoms with E-state index in [0.717, 1.165) is 5.57 Å². The molecule has 0 aromatic rings. The minimum atomic E-state index is -0.626. The number of aliphatic hydroxyl groups is 1. The molecule has 3 fully saturated rings. The molecule has 0 unspecified atom stereocenters. The minimum absolute atomic E-state index is 0.239. The summed E-state index contributed by atoms with van der Waals surface area (Å²) in [6.45, 7) is 15.2. The molecule has 130 valence electrons. The third-order valence-corrected chi connectivity index (χ3v) is 5.89. The summed E-state index contributed by atoms with van der Waals surface area (Å²) < 4.78 is 11.2. The van der Waals surface area contributed by atoms with Gasteiger partial charge in [-0.3, -0.25) is 0 Å². The van der Waals surface area contributed by atoms with Crippen LogP contribution in [0, 0.1) is 17.3 Å². The second kappa shape index (κ2) is 5.59. The highest BCUT2D eigenvalue weighted by Crippen LogP contribution is 2.57. The number of fused-ring (bicyclic) bond motifs is 2. The Kier molecular flexibility index (Phi) is 3.95. The highest BCUT2D eigenvalue weighted by Gasteiger charge is 2.62. The van der Waals surface area contributed by atoms with Gasteiger partial charge in [0.1, 0.15) is 12.2 Å². The Morgan fingerprint density at radius 1 is 1.42 bits per heavy atom. The number of aliphatic hydroxyl groups excluding tert-OH is 1. The van der Waals surface area contributed by atoms with Gasteiger partial charge in [0.15, 0.2) is 0 Å². The van der Waals surface area contributed by atoms with Crippen LogP contribution in [0.3, 0.4) is 0 Å². The monoisotopic (exact) mass is 332 g/mol. The molecule has 2 saturated carbocycles. The normalized spacial score (nSPS) is 41.3. The number of carbonyl (C=O) groups is 2. The Labute approximate surface area is 142 Å². The molecule has 5 heteroatoms. The Morgan fingerprint density at radius 3 is 2.71 bits per heavy atom. The Morgan fingerprint density at radius 2 is 2.08 bits per heavy atom. The third kappa shape index (κ3) is 2.34. The molecule has 6 atom stereocenters. The highest BCUT2D eigenvalue weighted by molar-refractivity contribution is 5.91. The zero-order valence-corrected chi connectivity index (χ0v) is 14.2. The van der Waals surface area contributed by atoms with E-state index < -0.39 is 41.6 Å². The molecule has 0 radical (unpaired) electrons. The van der Waals surface area contributed by atoms with E-state index in [9.17, 15) is 14.7 Å². The second-order valence-corrected chi connectivity index (χ2v) is 7.55. The van der Waals surface area contributed by atoms with Gasteiger partial charge in [0.25, 0.3) is 0 Å². The van der Waals surface area contributed by atoms with Gasteiger partial charge in [0, 0.05) is 22.5 Å². The van der Waals surface area contributed by atoms with E-state index in [-0.39, 0.29) is 11.5 Å². The molecule has 5 nitrogen and oxygen atoms in total. The van der Waals surface area contributed by atoms with E-state index >= 15 is 0 Å². The van der Waals surface area contributed by atoms with Crippen LogP contribution in [0.25, 0.3) is 0 Å². The fourth-order valence-corrected chi connectivity index (χ4v) is 4.58. The quantitative estimate of drug-likeness (QED) is 0.477. The van der Waals surface area contributed by atoms with Crippen molar-refractivity contribution in [3.05, 3.63) is 36.5 Å². The molecular formula is C19H24O5. The first-order valence-electron chi connectivity index (χ1n) is 8.29. The predicted molar refractivity (Wildman–Crippen MR) is 87.8 cm³/mol. The lowest BCUT2D eigenvalue weighted by Crippen LogP contribution is -2.58. The summed E-state index contributed by atoms with van der Waals surface area (Å²) >= 11 is 0. The Balaban J connectivity index is 2.05. The number of hydrogen-bond donors (Lipinski definition) is 1. The molecule has 2 aliphatic carbocycles. The summed E-state index contributed by atoms with van der Waals surface area (Å²) in [7, 11) is 0. The van der Waals surface area contributed by atoms with Gasteiger partial charge in [-0.05, 0) is 26.2 Å². The average molecular weight is 332 g/mol. The van der Waals surface area contributed by atoms with Crippen molar-refractivity contribution < 1.29 is 24.2 Å². The molecule has 0 spiro atoms. The third-order valence-electron chi connectivity index (χ3n) is 5.89. The zero-order valence-electron chi connectivity index (χ0n) is 14.2. The summed E-state index contributed by atoms with van der Waals surface area (Å²) in [6.07, 6.45) is 0.163. The highest BCUT2D eigenvalue weighted by atomic mass is 16.6. The van der Waals surface area contributed by atoms with Crippen LogP contribution in [-0.2, 0) is 19.1 Å². The Bertz CT molecular complexity index is 648. The van der Waals surface area contributed by atoms with Crippen LogP contribution in [0.5, 0.6) is 0 Å². The lowest BCUT2D eigenvalue weighted by Gasteiger charge is -2.54. The summed E-state index contributed by atoms with van der Waals surface area (Å²) in [6, 6.07) is 0. The maximum atomic E-state index is 12.2. The number of ether oxygens (including phenoxy) is 2. The van der Waals surface area contributed by atoms with Crippen molar-refractivity contribution in [2.75, 3.05) is 0 Å². The van der Waals surface area contributed by atoms with E-state index in [1.807, 2.05) is 6.92 Å². The van der Waals surface area contributed by atoms with E-state index in [0.29, 0.717) is 24.8 Å². The molecule has 3 rings (SSSR count).